The Morgan fingerprint density at radius 3 is 2.68 bits per heavy atom. The minimum atomic E-state index is 0.0876. The van der Waals surface area contributed by atoms with Crippen LogP contribution in [0.2, 0.25) is 0 Å². The minimum Gasteiger partial charge on any atom is -0.484 e. The van der Waals surface area contributed by atoms with Crippen molar-refractivity contribution in [1.82, 2.24) is 9.97 Å². The SMILES string of the molecule is CC(N)Cc1cccc(Br)c1OCc1ncccn1. The van der Waals surface area contributed by atoms with Crippen LogP contribution < -0.4 is 10.5 Å². The molecule has 0 spiro atoms. The summed E-state index contributed by atoms with van der Waals surface area (Å²) in [6.45, 7) is 2.32. The Morgan fingerprint density at radius 1 is 1.26 bits per heavy atom. The van der Waals surface area contributed by atoms with E-state index in [0.717, 1.165) is 22.2 Å². The Kier molecular flexibility index (Phi) is 4.87. The monoisotopic (exact) mass is 321 g/mol. The molecule has 0 aliphatic heterocycles. The summed E-state index contributed by atoms with van der Waals surface area (Å²) in [5.41, 5.74) is 6.94. The first-order chi connectivity index (χ1) is 9.16. The van der Waals surface area contributed by atoms with E-state index in [1.54, 1.807) is 18.5 Å². The molecule has 0 radical (unpaired) electrons. The highest BCUT2D eigenvalue weighted by Gasteiger charge is 2.10. The van der Waals surface area contributed by atoms with Crippen molar-refractivity contribution in [2.75, 3.05) is 0 Å². The lowest BCUT2D eigenvalue weighted by Gasteiger charge is -2.14. The van der Waals surface area contributed by atoms with Crippen molar-refractivity contribution in [2.45, 2.75) is 26.0 Å². The molecule has 0 fully saturated rings. The van der Waals surface area contributed by atoms with Gasteiger partial charge in [0.15, 0.2) is 5.82 Å². The van der Waals surface area contributed by atoms with Crippen molar-refractivity contribution >= 4 is 15.9 Å². The maximum atomic E-state index is 5.86. The molecule has 2 aromatic rings. The van der Waals surface area contributed by atoms with Gasteiger partial charge in [-0.3, -0.25) is 0 Å². The number of hydrogen-bond donors (Lipinski definition) is 1. The van der Waals surface area contributed by atoms with Crippen LogP contribution in [0.1, 0.15) is 18.3 Å². The fourth-order valence-corrected chi connectivity index (χ4v) is 2.29. The lowest BCUT2D eigenvalue weighted by molar-refractivity contribution is 0.290. The average molecular weight is 322 g/mol. The molecule has 5 heteroatoms. The first kappa shape index (κ1) is 14.0. The van der Waals surface area contributed by atoms with Crippen molar-refractivity contribution < 1.29 is 4.74 Å². The molecule has 1 aromatic heterocycles. The summed E-state index contributed by atoms with van der Waals surface area (Å²) < 4.78 is 6.75. The molecule has 0 aliphatic carbocycles. The normalized spacial score (nSPS) is 12.2. The summed E-state index contributed by atoms with van der Waals surface area (Å²) in [4.78, 5) is 8.28. The van der Waals surface area contributed by atoms with Crippen LogP contribution in [-0.4, -0.2) is 16.0 Å². The van der Waals surface area contributed by atoms with Crippen LogP contribution in [0.4, 0.5) is 0 Å². The van der Waals surface area contributed by atoms with Gasteiger partial charge in [0.1, 0.15) is 12.4 Å². The van der Waals surface area contributed by atoms with E-state index < -0.39 is 0 Å². The second-order valence-corrected chi connectivity index (χ2v) is 5.22. The molecule has 19 heavy (non-hydrogen) atoms. The fourth-order valence-electron chi connectivity index (χ4n) is 1.76. The van der Waals surface area contributed by atoms with Gasteiger partial charge in [0.05, 0.1) is 4.47 Å². The molecule has 1 aromatic carbocycles. The maximum absolute atomic E-state index is 5.86. The topological polar surface area (TPSA) is 61.0 Å². The molecule has 2 N–H and O–H groups in total. The second kappa shape index (κ2) is 6.63. The Bertz CT molecular complexity index is 531. The number of hydrogen-bond acceptors (Lipinski definition) is 4. The molecule has 4 nitrogen and oxygen atoms in total. The Labute approximate surface area is 121 Å². The van der Waals surface area contributed by atoms with E-state index in [9.17, 15) is 0 Å². The van der Waals surface area contributed by atoms with Crippen molar-refractivity contribution in [3.05, 3.63) is 52.5 Å². The highest BCUT2D eigenvalue weighted by molar-refractivity contribution is 9.10. The second-order valence-electron chi connectivity index (χ2n) is 4.36. The Balaban J connectivity index is 2.14. The number of nitrogens with zero attached hydrogens (tertiary/aromatic N) is 2. The highest BCUT2D eigenvalue weighted by atomic mass is 79.9. The molecule has 0 aliphatic rings. The zero-order valence-electron chi connectivity index (χ0n) is 10.7. The zero-order valence-corrected chi connectivity index (χ0v) is 12.3. The number of para-hydroxylation sites is 1. The van der Waals surface area contributed by atoms with Gasteiger partial charge in [-0.2, -0.15) is 0 Å². The van der Waals surface area contributed by atoms with E-state index in [-0.39, 0.29) is 6.04 Å². The minimum absolute atomic E-state index is 0.0876. The van der Waals surface area contributed by atoms with E-state index in [4.69, 9.17) is 10.5 Å². The van der Waals surface area contributed by atoms with Crippen molar-refractivity contribution in [2.24, 2.45) is 5.73 Å². The molecular formula is C14H16BrN3O. The zero-order chi connectivity index (χ0) is 13.7. The van der Waals surface area contributed by atoms with E-state index in [1.807, 2.05) is 25.1 Å². The standard InChI is InChI=1S/C14H16BrN3O/c1-10(16)8-11-4-2-5-12(15)14(11)19-9-13-17-6-3-7-18-13/h2-7,10H,8-9,16H2,1H3. The number of benzene rings is 1. The molecule has 1 atom stereocenters. The van der Waals surface area contributed by atoms with Crippen LogP contribution in [0, 0.1) is 0 Å². The van der Waals surface area contributed by atoms with Gasteiger partial charge in [-0.1, -0.05) is 12.1 Å². The largest absolute Gasteiger partial charge is 0.484 e. The summed E-state index contributed by atoms with van der Waals surface area (Å²) in [6, 6.07) is 7.82. The van der Waals surface area contributed by atoms with Gasteiger partial charge in [0, 0.05) is 18.4 Å². The number of ether oxygens (including phenoxy) is 1. The predicted molar refractivity (Wildman–Crippen MR) is 77.9 cm³/mol. The Morgan fingerprint density at radius 2 is 2.00 bits per heavy atom. The molecule has 0 amide bonds. The third kappa shape index (κ3) is 4.01. The van der Waals surface area contributed by atoms with Crippen molar-refractivity contribution in [1.29, 1.82) is 0 Å². The summed E-state index contributed by atoms with van der Waals surface area (Å²) in [5.74, 6) is 1.47. The lowest BCUT2D eigenvalue weighted by Crippen LogP contribution is -2.18. The summed E-state index contributed by atoms with van der Waals surface area (Å²) in [6.07, 6.45) is 4.17. The van der Waals surface area contributed by atoms with Crippen LogP contribution >= 0.6 is 15.9 Å². The lowest BCUT2D eigenvalue weighted by atomic mass is 10.1. The first-order valence-electron chi connectivity index (χ1n) is 6.08. The van der Waals surface area contributed by atoms with E-state index in [1.165, 1.54) is 0 Å². The van der Waals surface area contributed by atoms with E-state index in [0.29, 0.717) is 12.4 Å². The van der Waals surface area contributed by atoms with Crippen LogP contribution in [0.25, 0.3) is 0 Å². The molecule has 1 heterocycles. The number of rotatable bonds is 5. The molecule has 100 valence electrons. The Hall–Kier alpha value is -1.46. The molecular weight excluding hydrogens is 306 g/mol. The quantitative estimate of drug-likeness (QED) is 0.919. The molecule has 2 rings (SSSR count). The van der Waals surface area contributed by atoms with Gasteiger partial charge in [0.2, 0.25) is 0 Å². The molecule has 0 saturated carbocycles. The first-order valence-corrected chi connectivity index (χ1v) is 6.88. The van der Waals surface area contributed by atoms with Crippen LogP contribution in [-0.2, 0) is 13.0 Å². The smallest absolute Gasteiger partial charge is 0.166 e. The third-order valence-electron chi connectivity index (χ3n) is 2.56. The number of aromatic nitrogens is 2. The van der Waals surface area contributed by atoms with E-state index in [2.05, 4.69) is 25.9 Å². The van der Waals surface area contributed by atoms with Crippen LogP contribution in [0.5, 0.6) is 5.75 Å². The van der Waals surface area contributed by atoms with Gasteiger partial charge in [-0.25, -0.2) is 9.97 Å². The van der Waals surface area contributed by atoms with E-state index >= 15 is 0 Å². The third-order valence-corrected chi connectivity index (χ3v) is 3.18. The number of nitrogens with two attached hydrogens (primary N) is 1. The maximum Gasteiger partial charge on any atom is 0.166 e. The summed E-state index contributed by atoms with van der Waals surface area (Å²) in [5, 5.41) is 0. The van der Waals surface area contributed by atoms with Gasteiger partial charge >= 0.3 is 0 Å². The highest BCUT2D eigenvalue weighted by Crippen LogP contribution is 2.30. The molecule has 1 unspecified atom stereocenters. The van der Waals surface area contributed by atoms with Crippen molar-refractivity contribution in [3.63, 3.8) is 0 Å². The predicted octanol–water partition coefficient (Wildman–Crippen LogP) is 2.71. The number of halogens is 1. The summed E-state index contributed by atoms with van der Waals surface area (Å²) in [7, 11) is 0. The average Bonchev–Trinajstić information content (AvgIpc) is 2.38. The van der Waals surface area contributed by atoms with Gasteiger partial charge in [-0.05, 0) is 47.0 Å². The fraction of sp³-hybridized carbons (Fsp3) is 0.286. The van der Waals surface area contributed by atoms with Gasteiger partial charge < -0.3 is 10.5 Å². The van der Waals surface area contributed by atoms with Crippen molar-refractivity contribution in [3.8, 4) is 5.75 Å². The van der Waals surface area contributed by atoms with Crippen LogP contribution in [0.3, 0.4) is 0 Å². The van der Waals surface area contributed by atoms with Gasteiger partial charge in [0.25, 0.3) is 0 Å². The van der Waals surface area contributed by atoms with Crippen LogP contribution in [0.15, 0.2) is 41.1 Å². The van der Waals surface area contributed by atoms with Gasteiger partial charge in [-0.15, -0.1) is 0 Å². The molecule has 0 bridgehead atoms. The summed E-state index contributed by atoms with van der Waals surface area (Å²) >= 11 is 3.50. The molecule has 0 saturated heterocycles.